The molecular formula is C36H41F2N8O7PS. The molecular weight excluding hydrogens is 757 g/mol. The van der Waals surface area contributed by atoms with E-state index in [1.54, 1.807) is 66.6 Å². The molecule has 6 rings (SSSR count). The summed E-state index contributed by atoms with van der Waals surface area (Å²) in [7, 11) is -4.15. The summed E-state index contributed by atoms with van der Waals surface area (Å²) in [5.41, 5.74) is 0.388. The van der Waals surface area contributed by atoms with Gasteiger partial charge in [0.2, 0.25) is 5.95 Å². The quantitative estimate of drug-likeness (QED) is 0.0576. The van der Waals surface area contributed by atoms with E-state index in [2.05, 4.69) is 30.6 Å². The van der Waals surface area contributed by atoms with Crippen LogP contribution in [0.4, 0.5) is 14.5 Å². The molecule has 1 saturated carbocycles. The maximum Gasteiger partial charge on any atom is 0.461 e. The van der Waals surface area contributed by atoms with Crippen molar-refractivity contribution in [3.05, 3.63) is 83.9 Å². The highest BCUT2D eigenvalue weighted by molar-refractivity contribution is 7.52. The van der Waals surface area contributed by atoms with Gasteiger partial charge in [-0.05, 0) is 77.6 Å². The van der Waals surface area contributed by atoms with Crippen molar-refractivity contribution in [1.82, 2.24) is 34.6 Å². The Bertz CT molecular complexity index is 2140. The Hall–Kier alpha value is -4.87. The fraction of sp³-hybridized carbons (Fsp3) is 0.389. The highest BCUT2D eigenvalue weighted by Gasteiger charge is 2.33. The number of esters is 1. The first-order valence-electron chi connectivity index (χ1n) is 17.7. The van der Waals surface area contributed by atoms with E-state index in [9.17, 15) is 22.9 Å². The van der Waals surface area contributed by atoms with E-state index in [1.165, 1.54) is 29.1 Å². The van der Waals surface area contributed by atoms with Crippen molar-refractivity contribution in [2.45, 2.75) is 84.4 Å². The van der Waals surface area contributed by atoms with Gasteiger partial charge in [0, 0.05) is 29.9 Å². The van der Waals surface area contributed by atoms with Gasteiger partial charge in [0.1, 0.15) is 33.9 Å². The largest absolute Gasteiger partial charge is 0.462 e. The molecule has 1 aliphatic rings. The molecule has 0 saturated heterocycles. The van der Waals surface area contributed by atoms with Crippen LogP contribution in [0.3, 0.4) is 0 Å². The van der Waals surface area contributed by atoms with Crippen molar-refractivity contribution in [2.24, 2.45) is 0 Å². The minimum Gasteiger partial charge on any atom is -0.462 e. The monoisotopic (exact) mass is 798 g/mol. The second-order valence-corrected chi connectivity index (χ2v) is 15.5. The molecule has 2 unspecified atom stereocenters. The lowest BCUT2D eigenvalue weighted by molar-refractivity contribution is -0.149. The van der Waals surface area contributed by atoms with E-state index in [0.717, 1.165) is 37.8 Å². The second kappa shape index (κ2) is 17.7. The van der Waals surface area contributed by atoms with Gasteiger partial charge in [-0.1, -0.05) is 18.2 Å². The van der Waals surface area contributed by atoms with Crippen LogP contribution in [-0.4, -0.2) is 66.3 Å². The first-order valence-corrected chi connectivity index (χ1v) is 20.1. The average Bonchev–Trinajstić information content (AvgIpc) is 3.93. The number of nitrogens with one attached hydrogen (secondary N) is 2. The lowest BCUT2D eigenvalue weighted by atomic mass is 9.93. The number of nitrogens with zero attached hydrogens (tertiary/aromatic N) is 6. The maximum absolute atomic E-state index is 14.9. The first-order chi connectivity index (χ1) is 26.4. The Labute approximate surface area is 320 Å². The van der Waals surface area contributed by atoms with Gasteiger partial charge in [-0.25, -0.2) is 23.6 Å². The van der Waals surface area contributed by atoms with Crippen molar-refractivity contribution in [2.75, 3.05) is 11.9 Å². The summed E-state index contributed by atoms with van der Waals surface area (Å²) in [4.78, 5) is 34.2. The van der Waals surface area contributed by atoms with Gasteiger partial charge < -0.3 is 19.3 Å². The number of carbonyl (C=O) groups excluding carboxylic acids is 2. The predicted molar refractivity (Wildman–Crippen MR) is 199 cm³/mol. The molecule has 15 nitrogen and oxygen atoms in total. The molecule has 0 bridgehead atoms. The van der Waals surface area contributed by atoms with Gasteiger partial charge in [0.15, 0.2) is 12.5 Å². The lowest BCUT2D eigenvalue weighted by Gasteiger charge is -2.28. The van der Waals surface area contributed by atoms with Crippen LogP contribution in [0.5, 0.6) is 5.75 Å². The third-order valence-electron chi connectivity index (χ3n) is 8.44. The van der Waals surface area contributed by atoms with Gasteiger partial charge >= 0.3 is 13.7 Å². The number of aromatic nitrogens is 6. The maximum atomic E-state index is 14.9. The number of para-hydroxylation sites is 1. The second-order valence-electron chi connectivity index (χ2n) is 13.0. The number of ether oxygens (including phenoxy) is 2. The van der Waals surface area contributed by atoms with E-state index in [0.29, 0.717) is 17.2 Å². The minimum atomic E-state index is -4.15. The minimum absolute atomic E-state index is 0.0109. The van der Waals surface area contributed by atoms with Crippen LogP contribution in [0.15, 0.2) is 66.4 Å². The number of hydrogen-bond acceptors (Lipinski definition) is 12. The van der Waals surface area contributed by atoms with Gasteiger partial charge in [0.05, 0.1) is 30.1 Å². The summed E-state index contributed by atoms with van der Waals surface area (Å²) in [5, 5.41) is 16.2. The number of benzene rings is 1. The summed E-state index contributed by atoms with van der Waals surface area (Å²) >= 11 is 1.17. The number of hydrogen-bond donors (Lipinski definition) is 2. The van der Waals surface area contributed by atoms with Crippen LogP contribution < -0.4 is 14.9 Å². The molecule has 0 spiro atoms. The number of halogens is 2. The number of pyridine rings is 1. The molecule has 1 aromatic carbocycles. The number of thiazole rings is 1. The predicted octanol–water partition coefficient (Wildman–Crippen LogP) is 7.41. The summed E-state index contributed by atoms with van der Waals surface area (Å²) in [5.74, 6) is -2.67. The number of anilines is 1. The molecule has 55 heavy (non-hydrogen) atoms. The SMILES string of the molecule is CCO[C@H]1CC[C@H](n2cc(NC(=O)c3csc(-c4cnn(COP(=O)(NC(C)C(=O)OC(C)C)Oc5ccccc5)c4)n3)c(-c3nc(F)ccc3F)n2)CC1. The van der Waals surface area contributed by atoms with Crippen LogP contribution in [0.1, 0.15) is 69.9 Å². The van der Waals surface area contributed by atoms with Crippen molar-refractivity contribution >= 4 is 36.6 Å². The molecule has 1 aliphatic carbocycles. The van der Waals surface area contributed by atoms with E-state index in [-0.39, 0.29) is 53.5 Å². The van der Waals surface area contributed by atoms with Crippen molar-refractivity contribution in [3.63, 3.8) is 0 Å². The van der Waals surface area contributed by atoms with E-state index in [1.807, 2.05) is 6.92 Å². The molecule has 4 aromatic heterocycles. The normalized spacial score (nSPS) is 17.4. The fourth-order valence-corrected chi connectivity index (χ4v) is 8.06. The zero-order chi connectivity index (χ0) is 39.1. The Balaban J connectivity index is 1.16. The van der Waals surface area contributed by atoms with Gasteiger partial charge in [-0.15, -0.1) is 11.3 Å². The van der Waals surface area contributed by atoms with Crippen molar-refractivity contribution in [1.29, 1.82) is 0 Å². The molecule has 19 heteroatoms. The van der Waals surface area contributed by atoms with Gasteiger partial charge in [-0.2, -0.15) is 19.7 Å². The summed E-state index contributed by atoms with van der Waals surface area (Å²) < 4.78 is 68.3. The summed E-state index contributed by atoms with van der Waals surface area (Å²) in [6.07, 6.45) is 7.58. The highest BCUT2D eigenvalue weighted by Crippen LogP contribution is 2.45. The fourth-order valence-electron chi connectivity index (χ4n) is 5.85. The highest BCUT2D eigenvalue weighted by atomic mass is 32.1. The van der Waals surface area contributed by atoms with E-state index >= 15 is 0 Å². The summed E-state index contributed by atoms with van der Waals surface area (Å²) in [6, 6.07) is 9.15. The van der Waals surface area contributed by atoms with Crippen LogP contribution in [-0.2, 0) is 30.1 Å². The van der Waals surface area contributed by atoms with Gasteiger partial charge in [0.25, 0.3) is 5.91 Å². The zero-order valence-electron chi connectivity index (χ0n) is 30.6. The summed E-state index contributed by atoms with van der Waals surface area (Å²) in [6.45, 7) is 7.12. The third kappa shape index (κ3) is 10.3. The third-order valence-corrected chi connectivity index (χ3v) is 10.9. The number of amides is 1. The Morgan fingerprint density at radius 1 is 1.02 bits per heavy atom. The van der Waals surface area contributed by atoms with Crippen LogP contribution in [0, 0.1) is 11.8 Å². The number of carbonyl (C=O) groups is 2. The first kappa shape index (κ1) is 39.8. The van der Waals surface area contributed by atoms with Crippen molar-refractivity contribution < 1.29 is 41.5 Å². The molecule has 1 fully saturated rings. The lowest BCUT2D eigenvalue weighted by Crippen LogP contribution is -2.36. The van der Waals surface area contributed by atoms with E-state index in [4.69, 9.17) is 18.5 Å². The Morgan fingerprint density at radius 3 is 2.51 bits per heavy atom. The van der Waals surface area contributed by atoms with Crippen LogP contribution in [0.25, 0.3) is 22.0 Å². The number of rotatable bonds is 16. The average molecular weight is 799 g/mol. The Morgan fingerprint density at radius 2 is 1.78 bits per heavy atom. The molecule has 4 heterocycles. The molecule has 292 valence electrons. The molecule has 5 aromatic rings. The molecule has 2 atom stereocenters. The standard InChI is InChI=1S/C36H41F2N8O7PS/c1-5-50-26-13-11-25(12-14-26)46-19-29(33(43-46)32-28(37)15-16-31(38)42-32)40-34(47)30-20-55-35(41-30)24-17-39-45(18-24)21-51-54(49,53-27-9-7-6-8-10-27)44-23(4)36(48)52-22(2)3/h6-10,15-20,22-23,25-26H,5,11-14,21H2,1-4H3,(H,40,47)(H,44,49)/t23?,25-,26-,54?. The van der Waals surface area contributed by atoms with Gasteiger partial charge in [-0.3, -0.25) is 18.8 Å². The smallest absolute Gasteiger partial charge is 0.461 e. The molecule has 1 amide bonds. The zero-order valence-corrected chi connectivity index (χ0v) is 32.3. The van der Waals surface area contributed by atoms with Crippen molar-refractivity contribution in [3.8, 4) is 27.7 Å². The van der Waals surface area contributed by atoms with Crippen LogP contribution >= 0.6 is 19.1 Å². The van der Waals surface area contributed by atoms with Crippen LogP contribution in [0.2, 0.25) is 0 Å². The Kier molecular flexibility index (Phi) is 12.8. The molecule has 2 N–H and O–H groups in total. The molecule has 0 aliphatic heterocycles. The topological polar surface area (TPSA) is 174 Å². The molecule has 0 radical (unpaired) electrons. The van der Waals surface area contributed by atoms with E-state index < -0.39 is 37.4 Å².